The lowest BCUT2D eigenvalue weighted by Crippen LogP contribution is -2.32. The van der Waals surface area contributed by atoms with E-state index in [1.807, 2.05) is 0 Å². The van der Waals surface area contributed by atoms with Crippen LogP contribution in [0.15, 0.2) is 15.5 Å². The Morgan fingerprint density at radius 3 is 2.83 bits per heavy atom. The molecule has 0 spiro atoms. The smallest absolute Gasteiger partial charge is 0.235 e. The summed E-state index contributed by atoms with van der Waals surface area (Å²) in [5.74, 6) is 1.10. The summed E-state index contributed by atoms with van der Waals surface area (Å²) in [6.07, 6.45) is 4.02. The van der Waals surface area contributed by atoms with E-state index >= 15 is 0 Å². The van der Waals surface area contributed by atoms with E-state index in [1.165, 1.54) is 0 Å². The van der Waals surface area contributed by atoms with Crippen LogP contribution in [0, 0.1) is 0 Å². The number of isocyanates is 1. The Hall–Kier alpha value is -1.52. The summed E-state index contributed by atoms with van der Waals surface area (Å²) in [4.78, 5) is 14.5. The highest BCUT2D eigenvalue weighted by molar-refractivity contribution is 9.10. The molecule has 1 heterocycles. The van der Waals surface area contributed by atoms with Crippen LogP contribution in [0.25, 0.3) is 0 Å². The number of hydrogen-bond acceptors (Lipinski definition) is 5. The van der Waals surface area contributed by atoms with E-state index in [0.29, 0.717) is 21.5 Å². The number of halogens is 1. The predicted octanol–water partition coefficient (Wildman–Crippen LogP) is 2.60. The molecule has 0 amide bonds. The molecule has 2 aliphatic rings. The van der Waals surface area contributed by atoms with Crippen molar-refractivity contribution < 1.29 is 19.4 Å². The standard InChI is InChI=1S/C12H10BrNO4/c13-9-10(16)7(4-8-11(9)18-6-17-8)12(14-5-15)2-1-3-12/h4,16H,1-3,6H2. The maximum absolute atomic E-state index is 10.6. The van der Waals surface area contributed by atoms with Crippen LogP contribution < -0.4 is 9.47 Å². The molecule has 5 nitrogen and oxygen atoms in total. The molecule has 0 radical (unpaired) electrons. The van der Waals surface area contributed by atoms with Gasteiger partial charge < -0.3 is 14.6 Å². The molecule has 1 aromatic carbocycles. The van der Waals surface area contributed by atoms with Gasteiger partial charge in [0, 0.05) is 5.56 Å². The molecule has 0 unspecified atom stereocenters. The third kappa shape index (κ3) is 1.46. The summed E-state index contributed by atoms with van der Waals surface area (Å²) < 4.78 is 11.0. The maximum Gasteiger partial charge on any atom is 0.235 e. The number of rotatable bonds is 2. The van der Waals surface area contributed by atoms with Gasteiger partial charge in [0.25, 0.3) is 0 Å². The Kier molecular flexibility index (Phi) is 2.57. The fraction of sp³-hybridized carbons (Fsp3) is 0.417. The van der Waals surface area contributed by atoms with Crippen LogP contribution in [0.2, 0.25) is 0 Å². The van der Waals surface area contributed by atoms with Gasteiger partial charge in [0.05, 0.1) is 0 Å². The summed E-state index contributed by atoms with van der Waals surface area (Å²) in [5.41, 5.74) is -0.0665. The topological polar surface area (TPSA) is 68.1 Å². The molecule has 1 aliphatic heterocycles. The van der Waals surface area contributed by atoms with Gasteiger partial charge >= 0.3 is 0 Å². The molecular weight excluding hydrogens is 302 g/mol. The largest absolute Gasteiger partial charge is 0.506 e. The van der Waals surface area contributed by atoms with E-state index in [-0.39, 0.29) is 12.5 Å². The van der Waals surface area contributed by atoms with Crippen LogP contribution in [0.1, 0.15) is 24.8 Å². The number of phenolic OH excluding ortho intramolecular Hbond substituents is 1. The number of aliphatic imine (C=N–C) groups is 1. The highest BCUT2D eigenvalue weighted by Gasteiger charge is 2.43. The summed E-state index contributed by atoms with van der Waals surface area (Å²) in [5, 5.41) is 10.2. The van der Waals surface area contributed by atoms with Gasteiger partial charge in [0.15, 0.2) is 11.5 Å². The number of ether oxygens (including phenoxy) is 2. The molecule has 1 N–H and O–H groups in total. The van der Waals surface area contributed by atoms with Gasteiger partial charge in [-0.1, -0.05) is 0 Å². The van der Waals surface area contributed by atoms with Crippen LogP contribution in [-0.4, -0.2) is 18.0 Å². The predicted molar refractivity (Wildman–Crippen MR) is 65.6 cm³/mol. The molecule has 3 rings (SSSR count). The Balaban J connectivity index is 2.18. The van der Waals surface area contributed by atoms with Crippen molar-refractivity contribution in [3.63, 3.8) is 0 Å². The second-order valence-electron chi connectivity index (χ2n) is 4.41. The average Bonchev–Trinajstić information content (AvgIpc) is 2.77. The van der Waals surface area contributed by atoms with Crippen LogP contribution in [-0.2, 0) is 10.3 Å². The number of benzene rings is 1. The van der Waals surface area contributed by atoms with E-state index in [9.17, 15) is 9.90 Å². The minimum atomic E-state index is -0.657. The molecule has 0 saturated heterocycles. The first kappa shape index (κ1) is 11.6. The van der Waals surface area contributed by atoms with Crippen LogP contribution >= 0.6 is 15.9 Å². The fourth-order valence-electron chi connectivity index (χ4n) is 2.39. The number of fused-ring (bicyclic) bond motifs is 1. The van der Waals surface area contributed by atoms with E-state index < -0.39 is 5.54 Å². The zero-order valence-electron chi connectivity index (χ0n) is 9.40. The molecule has 0 aromatic heterocycles. The monoisotopic (exact) mass is 311 g/mol. The van der Waals surface area contributed by atoms with Crippen molar-refractivity contribution in [3.8, 4) is 17.2 Å². The number of phenols is 1. The van der Waals surface area contributed by atoms with Gasteiger partial charge in [-0.2, -0.15) is 4.99 Å². The number of aromatic hydroxyl groups is 1. The van der Waals surface area contributed by atoms with Gasteiger partial charge in [-0.25, -0.2) is 4.79 Å². The van der Waals surface area contributed by atoms with Crippen molar-refractivity contribution in [2.24, 2.45) is 4.99 Å². The van der Waals surface area contributed by atoms with E-state index in [2.05, 4.69) is 20.9 Å². The number of nitrogens with zero attached hydrogens (tertiary/aromatic N) is 1. The lowest BCUT2D eigenvalue weighted by atomic mass is 9.72. The van der Waals surface area contributed by atoms with Crippen LogP contribution in [0.5, 0.6) is 17.2 Å². The van der Waals surface area contributed by atoms with Gasteiger partial charge in [0.1, 0.15) is 15.8 Å². The Labute approximate surface area is 112 Å². The third-order valence-electron chi connectivity index (χ3n) is 3.52. The molecular formula is C12H10BrNO4. The summed E-state index contributed by atoms with van der Waals surface area (Å²) in [7, 11) is 0. The van der Waals surface area contributed by atoms with Gasteiger partial charge in [0.2, 0.25) is 12.9 Å². The summed E-state index contributed by atoms with van der Waals surface area (Å²) in [6, 6.07) is 1.70. The highest BCUT2D eigenvalue weighted by Crippen LogP contribution is 2.54. The lowest BCUT2D eigenvalue weighted by molar-refractivity contribution is 0.173. The zero-order valence-corrected chi connectivity index (χ0v) is 11.0. The first-order valence-electron chi connectivity index (χ1n) is 5.58. The molecule has 1 saturated carbocycles. The SMILES string of the molecule is O=C=NC1(c2cc3c(c(Br)c2O)OCO3)CCC1. The number of hydrogen-bond donors (Lipinski definition) is 1. The van der Waals surface area contributed by atoms with Gasteiger partial charge in [-0.3, -0.25) is 0 Å². The third-order valence-corrected chi connectivity index (χ3v) is 4.26. The second-order valence-corrected chi connectivity index (χ2v) is 5.20. The number of carbonyl (C=O) groups excluding carboxylic acids is 1. The van der Waals surface area contributed by atoms with Crippen LogP contribution in [0.4, 0.5) is 0 Å². The normalized spacial score (nSPS) is 18.9. The summed E-state index contributed by atoms with van der Waals surface area (Å²) in [6.45, 7) is 0.126. The van der Waals surface area contributed by atoms with Gasteiger partial charge in [-0.15, -0.1) is 0 Å². The van der Waals surface area contributed by atoms with Crippen molar-refractivity contribution in [2.45, 2.75) is 24.8 Å². The minimum absolute atomic E-state index is 0.0537. The Bertz CT molecular complexity index is 562. The van der Waals surface area contributed by atoms with E-state index in [0.717, 1.165) is 19.3 Å². The van der Waals surface area contributed by atoms with Crippen molar-refractivity contribution in [3.05, 3.63) is 16.1 Å². The van der Waals surface area contributed by atoms with Crippen molar-refractivity contribution >= 4 is 22.0 Å². The lowest BCUT2D eigenvalue weighted by Gasteiger charge is -2.37. The minimum Gasteiger partial charge on any atom is -0.506 e. The van der Waals surface area contributed by atoms with Crippen molar-refractivity contribution in [1.29, 1.82) is 0 Å². The molecule has 94 valence electrons. The molecule has 1 aromatic rings. The first-order chi connectivity index (χ1) is 8.68. The molecule has 18 heavy (non-hydrogen) atoms. The first-order valence-corrected chi connectivity index (χ1v) is 6.38. The zero-order chi connectivity index (χ0) is 12.8. The highest BCUT2D eigenvalue weighted by atomic mass is 79.9. The van der Waals surface area contributed by atoms with Gasteiger partial charge in [-0.05, 0) is 41.3 Å². The quantitative estimate of drug-likeness (QED) is 0.673. The summed E-state index contributed by atoms with van der Waals surface area (Å²) >= 11 is 3.28. The molecule has 0 bridgehead atoms. The fourth-order valence-corrected chi connectivity index (χ4v) is 2.91. The van der Waals surface area contributed by atoms with Crippen molar-refractivity contribution in [1.82, 2.24) is 0 Å². The Morgan fingerprint density at radius 2 is 2.22 bits per heavy atom. The van der Waals surface area contributed by atoms with Crippen molar-refractivity contribution in [2.75, 3.05) is 6.79 Å². The maximum atomic E-state index is 10.6. The molecule has 1 aliphatic carbocycles. The molecule has 0 atom stereocenters. The van der Waals surface area contributed by atoms with Crippen LogP contribution in [0.3, 0.4) is 0 Å². The Morgan fingerprint density at radius 1 is 1.44 bits per heavy atom. The molecule has 6 heteroatoms. The second kappa shape index (κ2) is 4.00. The molecule has 1 fully saturated rings. The average molecular weight is 312 g/mol. The van der Waals surface area contributed by atoms with E-state index in [4.69, 9.17) is 9.47 Å². The van der Waals surface area contributed by atoms with E-state index in [1.54, 1.807) is 12.1 Å².